The van der Waals surface area contributed by atoms with E-state index in [0.29, 0.717) is 37.6 Å². The van der Waals surface area contributed by atoms with Gasteiger partial charge in [0.1, 0.15) is 11.4 Å². The highest BCUT2D eigenvalue weighted by Gasteiger charge is 2.31. The molecule has 208 valence electrons. The lowest BCUT2D eigenvalue weighted by molar-refractivity contribution is -0.137. The van der Waals surface area contributed by atoms with Crippen LogP contribution in [0.3, 0.4) is 0 Å². The molecule has 2 aromatic carbocycles. The maximum absolute atomic E-state index is 13.3. The lowest BCUT2D eigenvalue weighted by Gasteiger charge is -2.33. The number of nitrogens with one attached hydrogen (secondary N) is 1. The summed E-state index contributed by atoms with van der Waals surface area (Å²) in [6, 6.07) is 12.5. The lowest BCUT2D eigenvalue weighted by atomic mass is 9.96. The Bertz CT molecular complexity index is 1520. The standard InChI is InChI=1S/C29H29F3N6O2/c1-28(2,3)40-27(39)38-14-11-18(12-15-38)24-35-25(23-9-4-6-19-17-33-13-10-22(19)23)37-26(36-24)34-21-8-5-7-20(16-21)29(30,31)32/h4-10,13,16-18H,11-12,14-15H2,1-3H3,(H,34,35,36,37). The zero-order valence-electron chi connectivity index (χ0n) is 22.4. The van der Waals surface area contributed by atoms with Crippen LogP contribution in [0.25, 0.3) is 22.2 Å². The fourth-order valence-electron chi connectivity index (χ4n) is 4.62. The Morgan fingerprint density at radius 3 is 2.48 bits per heavy atom. The Morgan fingerprint density at radius 1 is 1.00 bits per heavy atom. The molecule has 8 nitrogen and oxygen atoms in total. The second-order valence-corrected chi connectivity index (χ2v) is 10.7. The van der Waals surface area contributed by atoms with Crippen molar-refractivity contribution in [3.05, 3.63) is 72.3 Å². The Morgan fingerprint density at radius 2 is 1.75 bits per heavy atom. The van der Waals surface area contributed by atoms with Crippen LogP contribution in [-0.4, -0.2) is 49.6 Å². The number of anilines is 2. The monoisotopic (exact) mass is 550 g/mol. The van der Waals surface area contributed by atoms with E-state index in [1.54, 1.807) is 17.3 Å². The summed E-state index contributed by atoms with van der Waals surface area (Å²) in [5.74, 6) is 0.958. The van der Waals surface area contributed by atoms with E-state index in [0.717, 1.165) is 28.5 Å². The Hall–Kier alpha value is -4.28. The van der Waals surface area contributed by atoms with Gasteiger partial charge in [0.25, 0.3) is 0 Å². The van der Waals surface area contributed by atoms with Crippen LogP contribution >= 0.6 is 0 Å². The molecule has 1 amide bonds. The molecule has 11 heteroatoms. The van der Waals surface area contributed by atoms with E-state index in [1.165, 1.54) is 12.1 Å². The topological polar surface area (TPSA) is 93.1 Å². The number of rotatable bonds is 4. The summed E-state index contributed by atoms with van der Waals surface area (Å²) >= 11 is 0. The van der Waals surface area contributed by atoms with Gasteiger partial charge in [0, 0.05) is 48.0 Å². The number of pyridine rings is 1. The number of carbonyl (C=O) groups is 1. The summed E-state index contributed by atoms with van der Waals surface area (Å²) in [7, 11) is 0. The van der Waals surface area contributed by atoms with E-state index >= 15 is 0 Å². The number of aromatic nitrogens is 4. The summed E-state index contributed by atoms with van der Waals surface area (Å²) in [6.45, 7) is 6.42. The number of carbonyl (C=O) groups excluding carboxylic acids is 1. The third kappa shape index (κ3) is 6.30. The maximum atomic E-state index is 13.3. The Kier molecular flexibility index (Phi) is 7.31. The van der Waals surface area contributed by atoms with E-state index in [-0.39, 0.29) is 23.6 Å². The van der Waals surface area contributed by atoms with E-state index in [4.69, 9.17) is 9.72 Å². The molecule has 0 spiro atoms. The van der Waals surface area contributed by atoms with Crippen LogP contribution in [0.5, 0.6) is 0 Å². The first-order valence-electron chi connectivity index (χ1n) is 13.0. The van der Waals surface area contributed by atoms with Crippen molar-refractivity contribution >= 4 is 28.5 Å². The molecule has 3 heterocycles. The fourth-order valence-corrected chi connectivity index (χ4v) is 4.62. The molecule has 1 aliphatic rings. The van der Waals surface area contributed by atoms with E-state index < -0.39 is 17.3 Å². The molecule has 1 saturated heterocycles. The largest absolute Gasteiger partial charge is 0.444 e. The number of nitrogens with zero attached hydrogens (tertiary/aromatic N) is 5. The lowest BCUT2D eigenvalue weighted by Crippen LogP contribution is -2.41. The average molecular weight is 551 g/mol. The first-order valence-corrected chi connectivity index (χ1v) is 13.0. The number of hydrogen-bond acceptors (Lipinski definition) is 7. The predicted octanol–water partition coefficient (Wildman–Crippen LogP) is 6.96. The second kappa shape index (κ2) is 10.7. The van der Waals surface area contributed by atoms with Crippen molar-refractivity contribution < 1.29 is 22.7 Å². The van der Waals surface area contributed by atoms with Crippen molar-refractivity contribution in [3.8, 4) is 11.4 Å². The van der Waals surface area contributed by atoms with Crippen LogP contribution in [0.2, 0.25) is 0 Å². The second-order valence-electron chi connectivity index (χ2n) is 10.7. The smallest absolute Gasteiger partial charge is 0.416 e. The molecule has 40 heavy (non-hydrogen) atoms. The van der Waals surface area contributed by atoms with Crippen molar-refractivity contribution in [2.75, 3.05) is 18.4 Å². The van der Waals surface area contributed by atoms with E-state index in [2.05, 4.69) is 20.3 Å². The SMILES string of the molecule is CC(C)(C)OC(=O)N1CCC(c2nc(Nc3cccc(C(F)(F)F)c3)nc(-c3cccc4cnccc34)n2)CC1. The first-order chi connectivity index (χ1) is 19.0. The van der Waals surface area contributed by atoms with Gasteiger partial charge in [-0.15, -0.1) is 0 Å². The van der Waals surface area contributed by atoms with Crippen molar-refractivity contribution in [2.24, 2.45) is 0 Å². The van der Waals surface area contributed by atoms with Crippen LogP contribution in [0.4, 0.5) is 29.6 Å². The molecule has 0 atom stereocenters. The molecule has 1 fully saturated rings. The van der Waals surface area contributed by atoms with Crippen LogP contribution in [0, 0.1) is 0 Å². The molecule has 0 saturated carbocycles. The highest BCUT2D eigenvalue weighted by atomic mass is 19.4. The predicted molar refractivity (Wildman–Crippen MR) is 145 cm³/mol. The number of piperidine rings is 1. The van der Waals surface area contributed by atoms with Gasteiger partial charge >= 0.3 is 12.3 Å². The first kappa shape index (κ1) is 27.3. The Balaban J connectivity index is 1.48. The van der Waals surface area contributed by atoms with Crippen molar-refractivity contribution in [1.29, 1.82) is 0 Å². The molecule has 1 aliphatic heterocycles. The zero-order chi connectivity index (χ0) is 28.5. The number of halogens is 3. The molecule has 4 aromatic rings. The maximum Gasteiger partial charge on any atom is 0.416 e. The quantitative estimate of drug-likeness (QED) is 0.293. The minimum absolute atomic E-state index is 0.0841. The van der Waals surface area contributed by atoms with E-state index in [9.17, 15) is 18.0 Å². The summed E-state index contributed by atoms with van der Waals surface area (Å²) in [5.41, 5.74) is -0.403. The molecule has 2 aromatic heterocycles. The highest BCUT2D eigenvalue weighted by molar-refractivity contribution is 5.94. The van der Waals surface area contributed by atoms with Gasteiger partial charge in [-0.25, -0.2) is 9.78 Å². The number of alkyl halides is 3. The van der Waals surface area contributed by atoms with Crippen LogP contribution in [0.15, 0.2) is 60.9 Å². The molecule has 0 bridgehead atoms. The van der Waals surface area contributed by atoms with Crippen molar-refractivity contribution in [2.45, 2.75) is 51.3 Å². The number of hydrogen-bond donors (Lipinski definition) is 1. The summed E-state index contributed by atoms with van der Waals surface area (Å²) in [4.78, 5) is 32.4. The van der Waals surface area contributed by atoms with Crippen LogP contribution in [0.1, 0.15) is 50.9 Å². The Labute approximate surface area is 229 Å². The molecule has 0 aliphatic carbocycles. The van der Waals surface area contributed by atoms with Crippen LogP contribution in [-0.2, 0) is 10.9 Å². The third-order valence-electron chi connectivity index (χ3n) is 6.53. The van der Waals surface area contributed by atoms with Gasteiger partial charge in [0.2, 0.25) is 5.95 Å². The van der Waals surface area contributed by atoms with Crippen molar-refractivity contribution in [1.82, 2.24) is 24.8 Å². The summed E-state index contributed by atoms with van der Waals surface area (Å²) in [5, 5.41) is 4.74. The highest BCUT2D eigenvalue weighted by Crippen LogP contribution is 2.33. The fraction of sp³-hybridized carbons (Fsp3) is 0.345. The number of amides is 1. The normalized spacial score (nSPS) is 14.8. The molecular weight excluding hydrogens is 521 g/mol. The van der Waals surface area contributed by atoms with Gasteiger partial charge in [-0.3, -0.25) is 4.98 Å². The molecular formula is C29H29F3N6O2. The number of fused-ring (bicyclic) bond motifs is 1. The van der Waals surface area contributed by atoms with Gasteiger partial charge < -0.3 is 15.0 Å². The minimum atomic E-state index is -4.48. The number of benzene rings is 2. The summed E-state index contributed by atoms with van der Waals surface area (Å²) < 4.78 is 45.5. The number of ether oxygens (including phenoxy) is 1. The minimum Gasteiger partial charge on any atom is -0.444 e. The van der Waals surface area contributed by atoms with Gasteiger partial charge in [-0.1, -0.05) is 24.3 Å². The van der Waals surface area contributed by atoms with Crippen LogP contribution < -0.4 is 5.32 Å². The van der Waals surface area contributed by atoms with E-state index in [1.807, 2.05) is 45.0 Å². The molecule has 0 unspecified atom stereocenters. The molecule has 0 radical (unpaired) electrons. The van der Waals surface area contributed by atoms with Gasteiger partial charge in [0.05, 0.1) is 5.56 Å². The van der Waals surface area contributed by atoms with Crippen molar-refractivity contribution in [3.63, 3.8) is 0 Å². The van der Waals surface area contributed by atoms with Gasteiger partial charge in [-0.2, -0.15) is 23.1 Å². The molecule has 5 rings (SSSR count). The molecule has 1 N–H and O–H groups in total. The average Bonchev–Trinajstić information content (AvgIpc) is 2.91. The van der Waals surface area contributed by atoms with Gasteiger partial charge in [0.15, 0.2) is 5.82 Å². The number of likely N-dealkylation sites (tertiary alicyclic amines) is 1. The summed E-state index contributed by atoms with van der Waals surface area (Å²) in [6.07, 6.45) is -0.210. The zero-order valence-corrected chi connectivity index (χ0v) is 22.4. The third-order valence-corrected chi connectivity index (χ3v) is 6.53. The van der Waals surface area contributed by atoms with Gasteiger partial charge in [-0.05, 0) is 63.3 Å².